The maximum Gasteiger partial charge on any atom is 0.511 e. The number of halogens is 2. The van der Waals surface area contributed by atoms with Crippen LogP contribution in [-0.4, -0.2) is 47.7 Å². The van der Waals surface area contributed by atoms with Crippen molar-refractivity contribution in [2.24, 2.45) is 11.7 Å². The second kappa shape index (κ2) is 7.23. The molecule has 1 aromatic heterocycles. The Labute approximate surface area is 176 Å². The van der Waals surface area contributed by atoms with Gasteiger partial charge < -0.3 is 29.8 Å². The van der Waals surface area contributed by atoms with Gasteiger partial charge >= 0.3 is 6.16 Å². The Bertz CT molecular complexity index is 1150. The van der Waals surface area contributed by atoms with Gasteiger partial charge in [0.15, 0.2) is 17.3 Å². The largest absolute Gasteiger partial charge is 0.511 e. The lowest BCUT2D eigenvalue weighted by Gasteiger charge is -2.26. The van der Waals surface area contributed by atoms with Crippen LogP contribution >= 0.6 is 0 Å². The fraction of sp³-hybridized carbons (Fsp3) is 0.429. The summed E-state index contributed by atoms with van der Waals surface area (Å²) in [6.45, 7) is 6.33. The van der Waals surface area contributed by atoms with Crippen LogP contribution in [0.2, 0.25) is 0 Å². The molecule has 166 valence electrons. The van der Waals surface area contributed by atoms with E-state index in [0.717, 1.165) is 12.3 Å². The van der Waals surface area contributed by atoms with E-state index in [9.17, 15) is 14.0 Å². The van der Waals surface area contributed by atoms with Gasteiger partial charge in [0.25, 0.3) is 0 Å². The van der Waals surface area contributed by atoms with Crippen LogP contribution in [0.5, 0.6) is 11.5 Å². The van der Waals surface area contributed by atoms with Gasteiger partial charge in [-0.15, -0.1) is 6.58 Å². The summed E-state index contributed by atoms with van der Waals surface area (Å²) in [7, 11) is 1.33. The number of methoxy groups -OCH3 is 1. The molecule has 2 fully saturated rings. The number of fused-ring (bicyclic) bond motifs is 1. The van der Waals surface area contributed by atoms with Gasteiger partial charge in [0.2, 0.25) is 5.43 Å². The fourth-order valence-corrected chi connectivity index (χ4v) is 4.33. The SMILES string of the molecule is C=CC1CN(c2c(F)cc3c(=O)c(OC(=O)O)cn([C@@H]4C[C@@H]4F)c3c2OC)CC1(C)N. The predicted octanol–water partition coefficient (Wildman–Crippen LogP) is 2.83. The molecule has 1 saturated heterocycles. The fourth-order valence-electron chi connectivity index (χ4n) is 4.33. The number of anilines is 1. The molecule has 1 aliphatic carbocycles. The maximum atomic E-state index is 15.3. The molecule has 2 aliphatic rings. The molecule has 1 aliphatic heterocycles. The van der Waals surface area contributed by atoms with Gasteiger partial charge in [-0.25, -0.2) is 13.6 Å². The number of pyridine rings is 1. The Kier molecular flexibility index (Phi) is 4.92. The molecule has 0 amide bonds. The summed E-state index contributed by atoms with van der Waals surface area (Å²) in [4.78, 5) is 25.5. The van der Waals surface area contributed by atoms with E-state index in [1.165, 1.54) is 11.7 Å². The summed E-state index contributed by atoms with van der Waals surface area (Å²) in [5, 5.41) is 8.77. The summed E-state index contributed by atoms with van der Waals surface area (Å²) in [5.41, 5.74) is 5.15. The maximum absolute atomic E-state index is 15.3. The Balaban J connectivity index is 1.99. The van der Waals surface area contributed by atoms with Crippen LogP contribution in [0.1, 0.15) is 19.4 Å². The van der Waals surface area contributed by atoms with Gasteiger partial charge in [-0.05, 0) is 13.0 Å². The third-order valence-electron chi connectivity index (χ3n) is 6.00. The number of aromatic nitrogens is 1. The standard InChI is InChI=1S/C21H23F2N3O5/c1-4-10-7-25(9-21(10,2)24)17-13(23)5-11-16(19(17)30-3)26(14-6-12(14)22)8-15(18(11)27)31-20(28)29/h4-5,8,10,12,14H,1,6-7,9,24H2,2-3H3,(H,28,29)/t10?,12-,14+,21?/m0/s1. The molecule has 0 bridgehead atoms. The summed E-state index contributed by atoms with van der Waals surface area (Å²) in [6, 6.07) is 0.358. The molecule has 4 atom stereocenters. The molecule has 0 radical (unpaired) electrons. The van der Waals surface area contributed by atoms with Crippen LogP contribution in [0, 0.1) is 11.7 Å². The van der Waals surface area contributed by atoms with Gasteiger partial charge in [-0.2, -0.15) is 0 Å². The van der Waals surface area contributed by atoms with Gasteiger partial charge in [-0.3, -0.25) is 4.79 Å². The first-order valence-corrected chi connectivity index (χ1v) is 9.75. The van der Waals surface area contributed by atoms with Crippen molar-refractivity contribution in [3.05, 3.63) is 41.0 Å². The Morgan fingerprint density at radius 3 is 2.68 bits per heavy atom. The van der Waals surface area contributed by atoms with E-state index in [2.05, 4.69) is 11.3 Å². The molecular formula is C21H23F2N3O5. The lowest BCUT2D eigenvalue weighted by atomic mass is 9.91. The Morgan fingerprint density at radius 1 is 1.48 bits per heavy atom. The number of alkyl halides is 1. The van der Waals surface area contributed by atoms with Crippen LogP contribution in [0.4, 0.5) is 19.3 Å². The van der Waals surface area contributed by atoms with E-state index in [1.807, 2.05) is 6.92 Å². The monoisotopic (exact) mass is 435 g/mol. The second-order valence-corrected chi connectivity index (χ2v) is 8.28. The molecule has 1 saturated carbocycles. The first-order valence-electron chi connectivity index (χ1n) is 9.75. The van der Waals surface area contributed by atoms with Crippen molar-refractivity contribution < 1.29 is 28.2 Å². The molecule has 10 heteroatoms. The molecule has 1 aromatic carbocycles. The molecule has 2 heterocycles. The molecule has 31 heavy (non-hydrogen) atoms. The van der Waals surface area contributed by atoms with Crippen LogP contribution in [-0.2, 0) is 0 Å². The average molecular weight is 435 g/mol. The Hall–Kier alpha value is -3.14. The predicted molar refractivity (Wildman–Crippen MR) is 110 cm³/mol. The van der Waals surface area contributed by atoms with Crippen molar-refractivity contribution in [1.29, 1.82) is 0 Å². The third-order valence-corrected chi connectivity index (χ3v) is 6.00. The zero-order valence-electron chi connectivity index (χ0n) is 17.1. The Morgan fingerprint density at radius 2 is 2.16 bits per heavy atom. The molecule has 0 spiro atoms. The highest BCUT2D eigenvalue weighted by Gasteiger charge is 2.43. The first kappa shape index (κ1) is 21.1. The zero-order valence-corrected chi connectivity index (χ0v) is 17.1. The van der Waals surface area contributed by atoms with Gasteiger partial charge in [0.1, 0.15) is 11.9 Å². The summed E-state index contributed by atoms with van der Waals surface area (Å²) in [5.74, 6) is -1.34. The second-order valence-electron chi connectivity index (χ2n) is 8.28. The van der Waals surface area contributed by atoms with Crippen LogP contribution < -0.4 is 25.5 Å². The number of carbonyl (C=O) groups is 1. The van der Waals surface area contributed by atoms with E-state index >= 15 is 4.39 Å². The van der Waals surface area contributed by atoms with Crippen LogP contribution in [0.3, 0.4) is 0 Å². The quantitative estimate of drug-likeness (QED) is 0.549. The van der Waals surface area contributed by atoms with Crippen LogP contribution in [0.25, 0.3) is 10.9 Å². The molecule has 8 nitrogen and oxygen atoms in total. The highest BCUT2D eigenvalue weighted by atomic mass is 19.1. The zero-order chi connectivity index (χ0) is 22.7. The first-order chi connectivity index (χ1) is 14.6. The van der Waals surface area contributed by atoms with Crippen molar-refractivity contribution in [3.63, 3.8) is 0 Å². The third kappa shape index (κ3) is 3.40. The van der Waals surface area contributed by atoms with Crippen molar-refractivity contribution in [2.75, 3.05) is 25.1 Å². The van der Waals surface area contributed by atoms with Crippen LogP contribution in [0.15, 0.2) is 29.7 Å². The number of hydrogen-bond donors (Lipinski definition) is 2. The minimum absolute atomic E-state index is 0.0496. The molecule has 4 rings (SSSR count). The van der Waals surface area contributed by atoms with Crippen molar-refractivity contribution in [3.8, 4) is 11.5 Å². The summed E-state index contributed by atoms with van der Waals surface area (Å²) < 4.78 is 40.8. The van der Waals surface area contributed by atoms with E-state index in [1.54, 1.807) is 11.0 Å². The van der Waals surface area contributed by atoms with Gasteiger partial charge in [-0.1, -0.05) is 6.08 Å². The van der Waals surface area contributed by atoms with E-state index < -0.39 is 40.9 Å². The minimum Gasteiger partial charge on any atom is -0.492 e. The number of carboxylic acid groups (broad SMARTS) is 1. The number of rotatable bonds is 5. The summed E-state index contributed by atoms with van der Waals surface area (Å²) >= 11 is 0. The lowest BCUT2D eigenvalue weighted by Crippen LogP contribution is -2.43. The van der Waals surface area contributed by atoms with Crippen molar-refractivity contribution in [1.82, 2.24) is 4.57 Å². The van der Waals surface area contributed by atoms with E-state index in [0.29, 0.717) is 13.1 Å². The number of ether oxygens (including phenoxy) is 2. The molecular weight excluding hydrogens is 412 g/mol. The lowest BCUT2D eigenvalue weighted by molar-refractivity contribution is 0.143. The van der Waals surface area contributed by atoms with Crippen molar-refractivity contribution in [2.45, 2.75) is 31.1 Å². The number of benzene rings is 1. The number of hydrogen-bond acceptors (Lipinski definition) is 6. The van der Waals surface area contributed by atoms with Crippen molar-refractivity contribution >= 4 is 22.7 Å². The minimum atomic E-state index is -1.70. The highest BCUT2D eigenvalue weighted by Crippen LogP contribution is 2.46. The highest BCUT2D eigenvalue weighted by molar-refractivity contribution is 5.92. The molecule has 3 N–H and O–H groups in total. The molecule has 2 aromatic rings. The average Bonchev–Trinajstić information content (AvgIpc) is 3.33. The molecule has 2 unspecified atom stereocenters. The topological polar surface area (TPSA) is 107 Å². The normalized spacial score (nSPS) is 27.4. The number of nitrogens with two attached hydrogens (primary N) is 1. The van der Waals surface area contributed by atoms with E-state index in [-0.39, 0.29) is 34.7 Å². The van der Waals surface area contributed by atoms with Gasteiger partial charge in [0, 0.05) is 31.0 Å². The smallest absolute Gasteiger partial charge is 0.492 e. The van der Waals surface area contributed by atoms with Gasteiger partial charge in [0.05, 0.1) is 30.3 Å². The number of nitrogens with zero attached hydrogens (tertiary/aromatic N) is 2. The van der Waals surface area contributed by atoms with E-state index in [4.69, 9.17) is 15.6 Å². The summed E-state index contributed by atoms with van der Waals surface area (Å²) in [6.07, 6.45) is 0.134.